The van der Waals surface area contributed by atoms with Crippen LogP contribution in [0.4, 0.5) is 0 Å². The number of likely N-dealkylation sites (N-methyl/N-ethyl adjacent to an activating group) is 1. The van der Waals surface area contributed by atoms with Crippen LogP contribution in [0, 0.1) is 5.92 Å². The number of hydrogen-bond donors (Lipinski definition) is 1. The van der Waals surface area contributed by atoms with Gasteiger partial charge >= 0.3 is 0 Å². The van der Waals surface area contributed by atoms with E-state index < -0.39 is 0 Å². The summed E-state index contributed by atoms with van der Waals surface area (Å²) >= 11 is 0. The van der Waals surface area contributed by atoms with Gasteiger partial charge in [-0.05, 0) is 19.3 Å². The molecule has 0 heterocycles. The van der Waals surface area contributed by atoms with Crippen LogP contribution < -0.4 is 0 Å². The fraction of sp³-hybridized carbons (Fsp3) is 0.700. The van der Waals surface area contributed by atoms with E-state index in [1.54, 1.807) is 11.9 Å². The molecule has 1 unspecified atom stereocenters. The number of aliphatic hydroxyl groups is 1. The van der Waals surface area contributed by atoms with Crippen LogP contribution in [0.5, 0.6) is 0 Å². The van der Waals surface area contributed by atoms with Gasteiger partial charge in [0.2, 0.25) is 5.91 Å². The Morgan fingerprint density at radius 3 is 2.92 bits per heavy atom. The van der Waals surface area contributed by atoms with E-state index in [1.807, 2.05) is 0 Å². The highest BCUT2D eigenvalue weighted by molar-refractivity contribution is 5.78. The van der Waals surface area contributed by atoms with Crippen molar-refractivity contribution < 1.29 is 9.90 Å². The molecule has 0 saturated heterocycles. The molecule has 1 atom stereocenters. The smallest absolute Gasteiger partial charge is 0.225 e. The fourth-order valence-corrected chi connectivity index (χ4v) is 1.59. The summed E-state index contributed by atoms with van der Waals surface area (Å²) in [5, 5.41) is 8.68. The van der Waals surface area contributed by atoms with E-state index in [1.165, 1.54) is 0 Å². The molecule has 0 aromatic heterocycles. The molecule has 0 radical (unpaired) electrons. The standard InChI is InChI=1S/C10H17NO2/c1-11(7-8-12)10(13)9-5-3-2-4-6-9/h2-3,9,12H,4-8H2,1H3. The second-order valence-corrected chi connectivity index (χ2v) is 3.46. The molecule has 0 aliphatic heterocycles. The molecule has 1 aliphatic rings. The van der Waals surface area contributed by atoms with Gasteiger partial charge in [-0.1, -0.05) is 12.2 Å². The molecular formula is C10H17NO2. The molecule has 0 aromatic carbocycles. The Morgan fingerprint density at radius 1 is 1.62 bits per heavy atom. The molecule has 0 aromatic rings. The maximum Gasteiger partial charge on any atom is 0.225 e. The number of allylic oxidation sites excluding steroid dienone is 2. The lowest BCUT2D eigenvalue weighted by molar-refractivity contribution is -0.134. The Hall–Kier alpha value is -0.830. The first-order valence-corrected chi connectivity index (χ1v) is 4.76. The molecule has 74 valence electrons. The first-order chi connectivity index (χ1) is 6.25. The molecule has 1 amide bonds. The van der Waals surface area contributed by atoms with Crippen LogP contribution in [0.3, 0.4) is 0 Å². The van der Waals surface area contributed by atoms with Crippen molar-refractivity contribution in [2.45, 2.75) is 19.3 Å². The zero-order chi connectivity index (χ0) is 9.68. The van der Waals surface area contributed by atoms with Gasteiger partial charge in [0, 0.05) is 19.5 Å². The second-order valence-electron chi connectivity index (χ2n) is 3.46. The Kier molecular flexibility index (Phi) is 3.96. The Labute approximate surface area is 79.0 Å². The average molecular weight is 183 g/mol. The predicted molar refractivity (Wildman–Crippen MR) is 51.2 cm³/mol. The van der Waals surface area contributed by atoms with E-state index in [2.05, 4.69) is 12.2 Å². The van der Waals surface area contributed by atoms with Gasteiger partial charge in [0.15, 0.2) is 0 Å². The average Bonchev–Trinajstić information content (AvgIpc) is 2.18. The third kappa shape index (κ3) is 2.84. The van der Waals surface area contributed by atoms with E-state index in [9.17, 15) is 4.79 Å². The highest BCUT2D eigenvalue weighted by atomic mass is 16.3. The molecule has 1 N–H and O–H groups in total. The summed E-state index contributed by atoms with van der Waals surface area (Å²) in [7, 11) is 1.75. The van der Waals surface area contributed by atoms with Crippen LogP contribution in [-0.4, -0.2) is 36.1 Å². The second kappa shape index (κ2) is 5.02. The molecule has 3 heteroatoms. The van der Waals surface area contributed by atoms with Crippen molar-refractivity contribution in [1.29, 1.82) is 0 Å². The van der Waals surface area contributed by atoms with Gasteiger partial charge in [-0.25, -0.2) is 0 Å². The number of rotatable bonds is 3. The fourth-order valence-electron chi connectivity index (χ4n) is 1.59. The van der Waals surface area contributed by atoms with Crippen LogP contribution in [0.25, 0.3) is 0 Å². The van der Waals surface area contributed by atoms with Crippen molar-refractivity contribution in [3.63, 3.8) is 0 Å². The van der Waals surface area contributed by atoms with Gasteiger partial charge < -0.3 is 10.0 Å². The van der Waals surface area contributed by atoms with Crippen molar-refractivity contribution in [2.75, 3.05) is 20.2 Å². The third-order valence-corrected chi connectivity index (χ3v) is 2.43. The monoisotopic (exact) mass is 183 g/mol. The molecule has 0 fully saturated rings. The molecule has 0 bridgehead atoms. The van der Waals surface area contributed by atoms with Gasteiger partial charge in [0.05, 0.1) is 6.61 Å². The summed E-state index contributed by atoms with van der Waals surface area (Å²) < 4.78 is 0. The van der Waals surface area contributed by atoms with E-state index >= 15 is 0 Å². The summed E-state index contributed by atoms with van der Waals surface area (Å²) in [6.45, 7) is 0.490. The molecule has 13 heavy (non-hydrogen) atoms. The van der Waals surface area contributed by atoms with Crippen LogP contribution in [0.15, 0.2) is 12.2 Å². The molecule has 1 rings (SSSR count). The summed E-state index contributed by atoms with van der Waals surface area (Å²) in [4.78, 5) is 13.3. The zero-order valence-electron chi connectivity index (χ0n) is 8.07. The normalized spacial score (nSPS) is 21.5. The minimum Gasteiger partial charge on any atom is -0.395 e. The number of hydrogen-bond acceptors (Lipinski definition) is 2. The Morgan fingerprint density at radius 2 is 2.38 bits per heavy atom. The van der Waals surface area contributed by atoms with Crippen molar-refractivity contribution >= 4 is 5.91 Å². The zero-order valence-corrected chi connectivity index (χ0v) is 8.07. The topological polar surface area (TPSA) is 40.5 Å². The van der Waals surface area contributed by atoms with Crippen LogP contribution in [0.1, 0.15) is 19.3 Å². The molecule has 1 aliphatic carbocycles. The van der Waals surface area contributed by atoms with Gasteiger partial charge in [-0.2, -0.15) is 0 Å². The van der Waals surface area contributed by atoms with E-state index in [-0.39, 0.29) is 18.4 Å². The maximum atomic E-state index is 11.7. The van der Waals surface area contributed by atoms with Gasteiger partial charge in [-0.3, -0.25) is 4.79 Å². The SMILES string of the molecule is CN(CCO)C(=O)C1CC=CCC1. The van der Waals surface area contributed by atoms with Crippen LogP contribution in [-0.2, 0) is 4.79 Å². The lowest BCUT2D eigenvalue weighted by Crippen LogP contribution is -2.35. The summed E-state index contributed by atoms with van der Waals surface area (Å²) in [6.07, 6.45) is 7.00. The first-order valence-electron chi connectivity index (χ1n) is 4.76. The quantitative estimate of drug-likeness (QED) is 0.657. The number of nitrogens with zero attached hydrogens (tertiary/aromatic N) is 1. The number of aliphatic hydroxyl groups excluding tert-OH is 1. The number of amides is 1. The van der Waals surface area contributed by atoms with E-state index in [0.717, 1.165) is 19.3 Å². The van der Waals surface area contributed by atoms with Crippen molar-refractivity contribution in [3.05, 3.63) is 12.2 Å². The number of carbonyl (C=O) groups is 1. The van der Waals surface area contributed by atoms with E-state index in [4.69, 9.17) is 5.11 Å². The summed E-state index contributed by atoms with van der Waals surface area (Å²) in [5.41, 5.74) is 0. The Balaban J connectivity index is 2.41. The largest absolute Gasteiger partial charge is 0.395 e. The minimum absolute atomic E-state index is 0.0464. The highest BCUT2D eigenvalue weighted by Gasteiger charge is 2.21. The molecule has 0 spiro atoms. The van der Waals surface area contributed by atoms with Crippen molar-refractivity contribution in [1.82, 2.24) is 4.90 Å². The van der Waals surface area contributed by atoms with Gasteiger partial charge in [-0.15, -0.1) is 0 Å². The lowest BCUT2D eigenvalue weighted by atomic mass is 9.93. The molecular weight excluding hydrogens is 166 g/mol. The lowest BCUT2D eigenvalue weighted by Gasteiger charge is -2.23. The number of carbonyl (C=O) groups excluding carboxylic acids is 1. The highest BCUT2D eigenvalue weighted by Crippen LogP contribution is 2.19. The van der Waals surface area contributed by atoms with Crippen molar-refractivity contribution in [2.24, 2.45) is 5.92 Å². The van der Waals surface area contributed by atoms with Crippen LogP contribution >= 0.6 is 0 Å². The molecule has 0 saturated carbocycles. The third-order valence-electron chi connectivity index (χ3n) is 2.43. The first kappa shape index (κ1) is 10.3. The Bertz CT molecular complexity index is 201. The predicted octanol–water partition coefficient (Wildman–Crippen LogP) is 0.793. The van der Waals surface area contributed by atoms with Gasteiger partial charge in [0.25, 0.3) is 0 Å². The van der Waals surface area contributed by atoms with E-state index in [0.29, 0.717) is 6.54 Å². The van der Waals surface area contributed by atoms with Gasteiger partial charge in [0.1, 0.15) is 0 Å². The summed E-state index contributed by atoms with van der Waals surface area (Å²) in [6, 6.07) is 0. The summed E-state index contributed by atoms with van der Waals surface area (Å²) in [5.74, 6) is 0.306. The molecule has 3 nitrogen and oxygen atoms in total. The van der Waals surface area contributed by atoms with Crippen molar-refractivity contribution in [3.8, 4) is 0 Å². The van der Waals surface area contributed by atoms with Crippen LogP contribution in [0.2, 0.25) is 0 Å². The maximum absolute atomic E-state index is 11.7. The minimum atomic E-state index is 0.0464.